The summed E-state index contributed by atoms with van der Waals surface area (Å²) in [6.45, 7) is 8.59. The second-order valence-corrected chi connectivity index (χ2v) is 6.15. The predicted octanol–water partition coefficient (Wildman–Crippen LogP) is 2.00. The summed E-state index contributed by atoms with van der Waals surface area (Å²) in [4.78, 5) is 13.7. The highest BCUT2D eigenvalue weighted by atomic mass is 16.6. The number of nitrogens with zero attached hydrogens (tertiary/aromatic N) is 1. The van der Waals surface area contributed by atoms with Crippen LogP contribution in [0.5, 0.6) is 0 Å². The Kier molecular flexibility index (Phi) is 3.61. The molecule has 1 atom stereocenters. The van der Waals surface area contributed by atoms with E-state index in [-0.39, 0.29) is 11.7 Å². The fraction of sp³-hybridized carbons (Fsp3) is 0.923. The van der Waals surface area contributed by atoms with Gasteiger partial charge in [0.2, 0.25) is 0 Å². The zero-order valence-corrected chi connectivity index (χ0v) is 11.2. The van der Waals surface area contributed by atoms with Crippen molar-refractivity contribution in [3.8, 4) is 0 Å². The number of hydrogen-bond acceptors (Lipinski definition) is 3. The Labute approximate surface area is 104 Å². The number of nitrogens with one attached hydrogen (secondary N) is 1. The molecule has 2 fully saturated rings. The van der Waals surface area contributed by atoms with E-state index in [9.17, 15) is 4.79 Å². The van der Waals surface area contributed by atoms with Crippen LogP contribution in [-0.4, -0.2) is 42.3 Å². The molecule has 2 heterocycles. The second-order valence-electron chi connectivity index (χ2n) is 6.15. The van der Waals surface area contributed by atoms with Crippen LogP contribution in [0.2, 0.25) is 0 Å². The molecule has 2 aliphatic heterocycles. The summed E-state index contributed by atoms with van der Waals surface area (Å²) in [5.74, 6) is 0.752. The number of piperidine rings is 1. The molecule has 4 heteroatoms. The van der Waals surface area contributed by atoms with Crippen LogP contribution in [0.1, 0.15) is 40.0 Å². The van der Waals surface area contributed by atoms with Crippen LogP contribution in [0.4, 0.5) is 4.79 Å². The monoisotopic (exact) mass is 240 g/mol. The summed E-state index contributed by atoms with van der Waals surface area (Å²) in [7, 11) is 0. The van der Waals surface area contributed by atoms with Crippen molar-refractivity contribution in [3.05, 3.63) is 0 Å². The number of carbonyl (C=O) groups excluding carboxylic acids is 1. The lowest BCUT2D eigenvalue weighted by Crippen LogP contribution is -2.52. The molecule has 0 radical (unpaired) electrons. The number of rotatable bonds is 1. The van der Waals surface area contributed by atoms with Crippen LogP contribution in [0, 0.1) is 5.92 Å². The van der Waals surface area contributed by atoms with Gasteiger partial charge in [0, 0.05) is 19.1 Å². The molecular formula is C13H24N2O2. The van der Waals surface area contributed by atoms with E-state index in [1.54, 1.807) is 0 Å². The lowest BCUT2D eigenvalue weighted by Gasteiger charge is -2.40. The van der Waals surface area contributed by atoms with Crippen LogP contribution in [0.3, 0.4) is 0 Å². The maximum Gasteiger partial charge on any atom is 0.410 e. The second kappa shape index (κ2) is 4.84. The molecule has 0 aliphatic carbocycles. The van der Waals surface area contributed by atoms with Crippen molar-refractivity contribution in [2.24, 2.45) is 5.92 Å². The molecule has 0 aromatic heterocycles. The number of carbonyl (C=O) groups is 1. The first-order chi connectivity index (χ1) is 7.96. The van der Waals surface area contributed by atoms with E-state index in [1.165, 1.54) is 6.42 Å². The van der Waals surface area contributed by atoms with Crippen LogP contribution < -0.4 is 5.32 Å². The predicted molar refractivity (Wildman–Crippen MR) is 66.9 cm³/mol. The molecule has 98 valence electrons. The summed E-state index contributed by atoms with van der Waals surface area (Å²) >= 11 is 0. The first-order valence-electron chi connectivity index (χ1n) is 6.67. The van der Waals surface area contributed by atoms with Gasteiger partial charge in [0.25, 0.3) is 0 Å². The van der Waals surface area contributed by atoms with Crippen LogP contribution in [0.25, 0.3) is 0 Å². The van der Waals surface area contributed by atoms with Crippen LogP contribution >= 0.6 is 0 Å². The lowest BCUT2D eigenvalue weighted by molar-refractivity contribution is 0.0156. The third-order valence-corrected chi connectivity index (χ3v) is 3.62. The van der Waals surface area contributed by atoms with Gasteiger partial charge in [-0.2, -0.15) is 0 Å². The largest absolute Gasteiger partial charge is 0.444 e. The fourth-order valence-electron chi connectivity index (χ4n) is 2.52. The van der Waals surface area contributed by atoms with E-state index in [0.717, 1.165) is 38.4 Å². The van der Waals surface area contributed by atoms with E-state index in [0.29, 0.717) is 6.04 Å². The van der Waals surface area contributed by atoms with Gasteiger partial charge in [-0.3, -0.25) is 0 Å². The standard InChI is InChI=1S/C13H24N2O2/c1-13(2,3)17-12(16)15-8-5-10(6-9-15)11-4-7-14-11/h10-11,14H,4-9H2,1-3H3. The van der Waals surface area contributed by atoms with Crippen molar-refractivity contribution in [2.45, 2.75) is 51.7 Å². The molecule has 1 amide bonds. The molecule has 0 aromatic carbocycles. The summed E-state index contributed by atoms with van der Waals surface area (Å²) in [6, 6.07) is 0.704. The highest BCUT2D eigenvalue weighted by Crippen LogP contribution is 2.26. The van der Waals surface area contributed by atoms with E-state index < -0.39 is 0 Å². The molecule has 1 unspecified atom stereocenters. The number of ether oxygens (including phenoxy) is 1. The van der Waals surface area contributed by atoms with E-state index >= 15 is 0 Å². The summed E-state index contributed by atoms with van der Waals surface area (Å²) < 4.78 is 5.38. The lowest BCUT2D eigenvalue weighted by atomic mass is 9.84. The van der Waals surface area contributed by atoms with Crippen molar-refractivity contribution in [1.82, 2.24) is 10.2 Å². The normalized spacial score (nSPS) is 26.5. The zero-order valence-electron chi connectivity index (χ0n) is 11.2. The third kappa shape index (κ3) is 3.35. The minimum absolute atomic E-state index is 0.155. The van der Waals surface area contributed by atoms with Crippen LogP contribution in [-0.2, 0) is 4.74 Å². The molecule has 4 nitrogen and oxygen atoms in total. The van der Waals surface area contributed by atoms with E-state index in [1.807, 2.05) is 25.7 Å². The molecule has 0 bridgehead atoms. The Morgan fingerprint density at radius 1 is 1.24 bits per heavy atom. The Hall–Kier alpha value is -0.770. The van der Waals surface area contributed by atoms with Gasteiger partial charge < -0.3 is 15.0 Å². The smallest absolute Gasteiger partial charge is 0.410 e. The van der Waals surface area contributed by atoms with Gasteiger partial charge in [0.05, 0.1) is 0 Å². The summed E-state index contributed by atoms with van der Waals surface area (Å²) in [5, 5.41) is 3.46. The first-order valence-corrected chi connectivity index (χ1v) is 6.67. The molecule has 0 spiro atoms. The maximum atomic E-state index is 11.9. The SMILES string of the molecule is CC(C)(C)OC(=O)N1CCC(C2CCN2)CC1. The Bertz CT molecular complexity index is 274. The van der Waals surface area contributed by atoms with Gasteiger partial charge in [-0.1, -0.05) is 0 Å². The average Bonchev–Trinajstić information content (AvgIpc) is 2.13. The highest BCUT2D eigenvalue weighted by Gasteiger charge is 2.32. The minimum atomic E-state index is -0.385. The molecule has 2 saturated heterocycles. The molecule has 1 N–H and O–H groups in total. The zero-order chi connectivity index (χ0) is 12.5. The quantitative estimate of drug-likeness (QED) is 0.762. The Morgan fingerprint density at radius 2 is 1.82 bits per heavy atom. The van der Waals surface area contributed by atoms with E-state index in [2.05, 4.69) is 5.32 Å². The number of amides is 1. The van der Waals surface area contributed by atoms with Gasteiger partial charge in [0.1, 0.15) is 5.60 Å². The number of likely N-dealkylation sites (tertiary alicyclic amines) is 1. The van der Waals surface area contributed by atoms with Gasteiger partial charge in [-0.25, -0.2) is 4.79 Å². The molecule has 17 heavy (non-hydrogen) atoms. The molecular weight excluding hydrogens is 216 g/mol. The summed E-state index contributed by atoms with van der Waals surface area (Å²) in [6.07, 6.45) is 3.36. The van der Waals surface area contributed by atoms with Gasteiger partial charge in [-0.05, 0) is 52.5 Å². The van der Waals surface area contributed by atoms with Crippen molar-refractivity contribution >= 4 is 6.09 Å². The molecule has 2 aliphatic rings. The van der Waals surface area contributed by atoms with Crippen LogP contribution in [0.15, 0.2) is 0 Å². The highest BCUT2D eigenvalue weighted by molar-refractivity contribution is 5.68. The summed E-state index contributed by atoms with van der Waals surface area (Å²) in [5.41, 5.74) is -0.385. The van der Waals surface area contributed by atoms with Gasteiger partial charge in [-0.15, -0.1) is 0 Å². The van der Waals surface area contributed by atoms with Crippen molar-refractivity contribution in [2.75, 3.05) is 19.6 Å². The fourth-order valence-corrected chi connectivity index (χ4v) is 2.52. The molecule has 0 saturated carbocycles. The van der Waals surface area contributed by atoms with Crippen molar-refractivity contribution in [3.63, 3.8) is 0 Å². The first kappa shape index (κ1) is 12.7. The Balaban J connectivity index is 1.76. The van der Waals surface area contributed by atoms with Crippen molar-refractivity contribution < 1.29 is 9.53 Å². The van der Waals surface area contributed by atoms with E-state index in [4.69, 9.17) is 4.74 Å². The Morgan fingerprint density at radius 3 is 2.24 bits per heavy atom. The molecule has 2 rings (SSSR count). The minimum Gasteiger partial charge on any atom is -0.444 e. The number of hydrogen-bond donors (Lipinski definition) is 1. The topological polar surface area (TPSA) is 41.6 Å². The van der Waals surface area contributed by atoms with Gasteiger partial charge >= 0.3 is 6.09 Å². The van der Waals surface area contributed by atoms with Gasteiger partial charge in [0.15, 0.2) is 0 Å². The third-order valence-electron chi connectivity index (χ3n) is 3.62. The maximum absolute atomic E-state index is 11.9. The molecule has 0 aromatic rings. The average molecular weight is 240 g/mol. The van der Waals surface area contributed by atoms with Crippen molar-refractivity contribution in [1.29, 1.82) is 0 Å².